The smallest absolute Gasteiger partial charge is 0.407 e. The van der Waals surface area contributed by atoms with Gasteiger partial charge in [-0.1, -0.05) is 0 Å². The molecule has 0 aromatic heterocycles. The highest BCUT2D eigenvalue weighted by Crippen LogP contribution is 2.06. The van der Waals surface area contributed by atoms with E-state index >= 15 is 0 Å². The van der Waals surface area contributed by atoms with Crippen LogP contribution in [0.15, 0.2) is 0 Å². The van der Waals surface area contributed by atoms with Gasteiger partial charge in [-0.3, -0.25) is 0 Å². The topological polar surface area (TPSA) is 111 Å². The van der Waals surface area contributed by atoms with Crippen molar-refractivity contribution in [3.05, 3.63) is 0 Å². The van der Waals surface area contributed by atoms with Crippen molar-refractivity contribution in [1.29, 1.82) is 0 Å². The van der Waals surface area contributed by atoms with Crippen LogP contribution < -0.4 is 15.8 Å². The van der Waals surface area contributed by atoms with Crippen molar-refractivity contribution >= 4 is 16.1 Å². The summed E-state index contributed by atoms with van der Waals surface area (Å²) in [6, 6.07) is -0.0701. The van der Waals surface area contributed by atoms with Gasteiger partial charge in [0.1, 0.15) is 5.60 Å². The van der Waals surface area contributed by atoms with Crippen LogP contribution in [0.1, 0.15) is 27.7 Å². The Morgan fingerprint density at radius 1 is 1.39 bits per heavy atom. The molecule has 0 radical (unpaired) electrons. The lowest BCUT2D eigenvalue weighted by atomic mass is 10.2. The molecule has 0 aliphatic carbocycles. The second kappa shape index (κ2) is 6.91. The monoisotopic (exact) mass is 281 g/mol. The van der Waals surface area contributed by atoms with Gasteiger partial charge in [0, 0.05) is 19.1 Å². The Labute approximate surface area is 108 Å². The van der Waals surface area contributed by atoms with Crippen LogP contribution in [0.25, 0.3) is 0 Å². The van der Waals surface area contributed by atoms with Crippen LogP contribution in [0.2, 0.25) is 0 Å². The number of rotatable bonds is 6. The molecule has 0 fully saturated rings. The molecule has 0 aliphatic rings. The first kappa shape index (κ1) is 17.1. The van der Waals surface area contributed by atoms with Crippen molar-refractivity contribution in [3.8, 4) is 0 Å². The van der Waals surface area contributed by atoms with Crippen LogP contribution in [0.5, 0.6) is 0 Å². The summed E-state index contributed by atoms with van der Waals surface area (Å²) in [5, 5.41) is 10.4. The highest BCUT2D eigenvalue weighted by atomic mass is 32.2. The normalized spacial score (nSPS) is 14.1. The number of hydrogen-bond acceptors (Lipinski definition) is 5. The van der Waals surface area contributed by atoms with Crippen LogP contribution in [0.3, 0.4) is 0 Å². The summed E-state index contributed by atoms with van der Waals surface area (Å²) in [6.07, 6.45) is -0.498. The van der Waals surface area contributed by atoms with Crippen LogP contribution >= 0.6 is 0 Å². The number of sulfonamides is 1. The van der Waals surface area contributed by atoms with E-state index in [0.29, 0.717) is 6.54 Å². The van der Waals surface area contributed by atoms with E-state index in [1.165, 1.54) is 0 Å². The number of ether oxygens (including phenoxy) is 1. The molecular weight excluding hydrogens is 258 g/mol. The van der Waals surface area contributed by atoms with Gasteiger partial charge in [-0.05, 0) is 27.7 Å². The third kappa shape index (κ3) is 11.6. The first-order chi connectivity index (χ1) is 7.99. The zero-order valence-electron chi connectivity index (χ0n) is 11.3. The highest BCUT2D eigenvalue weighted by molar-refractivity contribution is 7.89. The van der Waals surface area contributed by atoms with E-state index in [4.69, 9.17) is 9.88 Å². The Balaban J connectivity index is 3.77. The van der Waals surface area contributed by atoms with Gasteiger partial charge in [-0.15, -0.1) is 0 Å². The summed E-state index contributed by atoms with van der Waals surface area (Å²) in [7, 11) is -3.45. The molecule has 1 unspecified atom stereocenters. The Bertz CT molecular complexity index is 362. The Hall–Kier alpha value is -0.860. The maximum Gasteiger partial charge on any atom is 0.407 e. The lowest BCUT2D eigenvalue weighted by Crippen LogP contribution is -2.42. The number of hydrogen-bond donors (Lipinski definition) is 3. The Kier molecular flexibility index (Phi) is 6.58. The summed E-state index contributed by atoms with van der Waals surface area (Å²) in [6.45, 7) is 7.75. The quantitative estimate of drug-likeness (QED) is 0.623. The fourth-order valence-electron chi connectivity index (χ4n) is 1.07. The second-order valence-corrected chi connectivity index (χ2v) is 6.84. The molecule has 0 rings (SSSR count). The fraction of sp³-hybridized carbons (Fsp3) is 0.900. The predicted octanol–water partition coefficient (Wildman–Crippen LogP) is -0.222. The lowest BCUT2D eigenvalue weighted by Gasteiger charge is -2.21. The molecule has 1 atom stereocenters. The van der Waals surface area contributed by atoms with Crippen LogP contribution in [0, 0.1) is 0 Å². The maximum absolute atomic E-state index is 11.3. The molecule has 0 saturated heterocycles. The third-order valence-electron chi connectivity index (χ3n) is 1.83. The van der Waals surface area contributed by atoms with Gasteiger partial charge < -0.3 is 15.4 Å². The van der Waals surface area contributed by atoms with Gasteiger partial charge in [0.05, 0.1) is 5.75 Å². The van der Waals surface area contributed by atoms with E-state index in [2.05, 4.69) is 10.6 Å². The van der Waals surface area contributed by atoms with E-state index in [1.807, 2.05) is 6.92 Å². The molecule has 1 amide bonds. The summed E-state index contributed by atoms with van der Waals surface area (Å²) in [5.74, 6) is -0.135. The highest BCUT2D eigenvalue weighted by Gasteiger charge is 2.16. The Morgan fingerprint density at radius 2 is 1.94 bits per heavy atom. The Morgan fingerprint density at radius 3 is 2.39 bits per heavy atom. The number of nitrogens with two attached hydrogens (primary N) is 1. The predicted molar refractivity (Wildman–Crippen MR) is 69.7 cm³/mol. The van der Waals surface area contributed by atoms with Gasteiger partial charge in [0.15, 0.2) is 0 Å². The van der Waals surface area contributed by atoms with Crippen LogP contribution in [-0.4, -0.2) is 45.0 Å². The van der Waals surface area contributed by atoms with Crippen molar-refractivity contribution in [2.24, 2.45) is 5.14 Å². The van der Waals surface area contributed by atoms with E-state index in [1.54, 1.807) is 20.8 Å². The van der Waals surface area contributed by atoms with E-state index in [0.717, 1.165) is 0 Å². The van der Waals surface area contributed by atoms with E-state index in [9.17, 15) is 13.2 Å². The van der Waals surface area contributed by atoms with Crippen molar-refractivity contribution in [2.45, 2.75) is 39.3 Å². The number of carbonyl (C=O) groups is 1. The number of primary sulfonamides is 1. The molecule has 8 heteroatoms. The van der Waals surface area contributed by atoms with Crippen molar-refractivity contribution < 1.29 is 17.9 Å². The molecule has 0 aliphatic heterocycles. The first-order valence-corrected chi connectivity index (χ1v) is 7.42. The molecule has 0 bridgehead atoms. The zero-order chi connectivity index (χ0) is 14.4. The van der Waals surface area contributed by atoms with E-state index in [-0.39, 0.29) is 18.3 Å². The average Bonchev–Trinajstić information content (AvgIpc) is 2.09. The number of carbonyl (C=O) groups excluding carboxylic acids is 1. The fourth-order valence-corrected chi connectivity index (χ4v) is 1.47. The van der Waals surface area contributed by atoms with Crippen molar-refractivity contribution in [1.82, 2.24) is 10.6 Å². The summed E-state index contributed by atoms with van der Waals surface area (Å²) < 4.78 is 26.4. The molecule has 18 heavy (non-hydrogen) atoms. The SMILES string of the molecule is CC(CNC(=O)OC(C)(C)C)NCCS(N)(=O)=O. The minimum absolute atomic E-state index is 0.0701. The number of alkyl carbamates (subject to hydrolysis) is 1. The number of nitrogens with one attached hydrogen (secondary N) is 2. The van der Waals surface area contributed by atoms with Gasteiger partial charge >= 0.3 is 6.09 Å². The molecule has 0 spiro atoms. The second-order valence-electron chi connectivity index (χ2n) is 5.10. The summed E-state index contributed by atoms with van der Waals surface area (Å²) in [4.78, 5) is 11.3. The van der Waals surface area contributed by atoms with Gasteiger partial charge in [0.2, 0.25) is 10.0 Å². The van der Waals surface area contributed by atoms with Crippen LogP contribution in [-0.2, 0) is 14.8 Å². The first-order valence-electron chi connectivity index (χ1n) is 5.70. The number of amides is 1. The third-order valence-corrected chi connectivity index (χ3v) is 2.60. The largest absolute Gasteiger partial charge is 0.444 e. The molecular formula is C10H23N3O4S. The van der Waals surface area contributed by atoms with Gasteiger partial charge in [0.25, 0.3) is 0 Å². The lowest BCUT2D eigenvalue weighted by molar-refractivity contribution is 0.0523. The summed E-state index contributed by atoms with van der Waals surface area (Å²) >= 11 is 0. The van der Waals surface area contributed by atoms with Crippen molar-refractivity contribution in [3.63, 3.8) is 0 Å². The van der Waals surface area contributed by atoms with Gasteiger partial charge in [-0.25, -0.2) is 18.4 Å². The molecule has 0 heterocycles. The molecule has 108 valence electrons. The molecule has 0 saturated carbocycles. The van der Waals surface area contributed by atoms with Crippen molar-refractivity contribution in [2.75, 3.05) is 18.8 Å². The van der Waals surface area contributed by atoms with Gasteiger partial charge in [-0.2, -0.15) is 0 Å². The standard InChI is InChI=1S/C10H23N3O4S/c1-8(12-5-6-18(11,15)16)7-13-9(14)17-10(2,3)4/h8,12H,5-7H2,1-4H3,(H,13,14)(H2,11,15,16). The summed E-state index contributed by atoms with van der Waals surface area (Å²) in [5.41, 5.74) is -0.533. The average molecular weight is 281 g/mol. The molecule has 7 nitrogen and oxygen atoms in total. The minimum atomic E-state index is -3.45. The maximum atomic E-state index is 11.3. The zero-order valence-corrected chi connectivity index (χ0v) is 12.1. The molecule has 0 aromatic rings. The molecule has 4 N–H and O–H groups in total. The molecule has 0 aromatic carbocycles. The van der Waals surface area contributed by atoms with Crippen LogP contribution in [0.4, 0.5) is 4.79 Å². The van der Waals surface area contributed by atoms with E-state index < -0.39 is 21.7 Å². The minimum Gasteiger partial charge on any atom is -0.444 e.